The average Bonchev–Trinajstić information content (AvgIpc) is 2.63. The lowest BCUT2D eigenvalue weighted by Crippen LogP contribution is -1.93. The molecule has 0 bridgehead atoms. The van der Waals surface area contributed by atoms with Gasteiger partial charge in [-0.2, -0.15) is 0 Å². The predicted molar refractivity (Wildman–Crippen MR) is 107 cm³/mol. The summed E-state index contributed by atoms with van der Waals surface area (Å²) in [6, 6.07) is 25.0. The molecule has 0 fully saturated rings. The van der Waals surface area contributed by atoms with Crippen molar-refractivity contribution in [2.24, 2.45) is 0 Å². The van der Waals surface area contributed by atoms with Crippen molar-refractivity contribution in [3.8, 4) is 22.4 Å². The van der Waals surface area contributed by atoms with Gasteiger partial charge in [-0.1, -0.05) is 83.4 Å². The van der Waals surface area contributed by atoms with Crippen molar-refractivity contribution in [1.29, 1.82) is 0 Å². The quantitative estimate of drug-likeness (QED) is 0.388. The zero-order valence-electron chi connectivity index (χ0n) is 14.3. The number of halogens is 1. The monoisotopic (exact) mass is 343 g/mol. The summed E-state index contributed by atoms with van der Waals surface area (Å²) in [4.78, 5) is 4.86. The molecule has 4 aromatic rings. The first kappa shape index (κ1) is 15.9. The highest BCUT2D eigenvalue weighted by atomic mass is 35.5. The van der Waals surface area contributed by atoms with Gasteiger partial charge in [0.05, 0.1) is 16.2 Å². The number of hydrogen-bond donors (Lipinski definition) is 0. The van der Waals surface area contributed by atoms with Gasteiger partial charge in [-0.25, -0.2) is 4.98 Å². The van der Waals surface area contributed by atoms with Crippen molar-refractivity contribution in [2.45, 2.75) is 13.8 Å². The Labute approximate surface area is 152 Å². The third kappa shape index (κ3) is 2.92. The lowest BCUT2D eigenvalue weighted by molar-refractivity contribution is 1.38. The zero-order valence-corrected chi connectivity index (χ0v) is 15.0. The predicted octanol–water partition coefficient (Wildman–Crippen LogP) is 6.84. The fourth-order valence-corrected chi connectivity index (χ4v) is 3.51. The van der Waals surface area contributed by atoms with Gasteiger partial charge in [0.15, 0.2) is 0 Å². The first-order valence-corrected chi connectivity index (χ1v) is 8.73. The standard InChI is InChI=1S/C23H18ClN/c1-15-8-11-17(12-9-15)21-19-14-16(2)10-13-20(19)25-23(22(21)24)18-6-4-3-5-7-18/h3-14H,1-2H3. The van der Waals surface area contributed by atoms with Crippen molar-refractivity contribution in [2.75, 3.05) is 0 Å². The second-order valence-electron chi connectivity index (χ2n) is 6.40. The van der Waals surface area contributed by atoms with Crippen LogP contribution in [0, 0.1) is 13.8 Å². The molecule has 0 radical (unpaired) electrons. The molecule has 1 aromatic heterocycles. The molecule has 0 aliphatic heterocycles. The molecule has 0 unspecified atom stereocenters. The van der Waals surface area contributed by atoms with E-state index in [-0.39, 0.29) is 0 Å². The van der Waals surface area contributed by atoms with E-state index >= 15 is 0 Å². The fraction of sp³-hybridized carbons (Fsp3) is 0.0870. The van der Waals surface area contributed by atoms with Crippen LogP contribution in [0.25, 0.3) is 33.3 Å². The highest BCUT2D eigenvalue weighted by molar-refractivity contribution is 6.37. The Bertz CT molecular complexity index is 1050. The largest absolute Gasteiger partial charge is 0.246 e. The molecule has 0 N–H and O–H groups in total. The van der Waals surface area contributed by atoms with Crippen molar-refractivity contribution in [3.63, 3.8) is 0 Å². The summed E-state index contributed by atoms with van der Waals surface area (Å²) < 4.78 is 0. The van der Waals surface area contributed by atoms with Gasteiger partial charge in [-0.05, 0) is 31.5 Å². The SMILES string of the molecule is Cc1ccc(-c2c(Cl)c(-c3ccccc3)nc3ccc(C)cc23)cc1. The first-order valence-electron chi connectivity index (χ1n) is 8.36. The van der Waals surface area contributed by atoms with Crippen LogP contribution in [0.15, 0.2) is 72.8 Å². The number of rotatable bonds is 2. The number of pyridine rings is 1. The van der Waals surface area contributed by atoms with Gasteiger partial charge in [0.2, 0.25) is 0 Å². The summed E-state index contributed by atoms with van der Waals surface area (Å²) in [7, 11) is 0. The smallest absolute Gasteiger partial charge is 0.0902 e. The number of benzene rings is 3. The molecule has 0 aliphatic rings. The van der Waals surface area contributed by atoms with E-state index in [9.17, 15) is 0 Å². The summed E-state index contributed by atoms with van der Waals surface area (Å²) >= 11 is 6.89. The van der Waals surface area contributed by atoms with Crippen LogP contribution in [0.1, 0.15) is 11.1 Å². The number of fused-ring (bicyclic) bond motifs is 1. The third-order valence-electron chi connectivity index (χ3n) is 4.47. The Morgan fingerprint density at radius 2 is 1.40 bits per heavy atom. The molecule has 3 aromatic carbocycles. The van der Waals surface area contributed by atoms with E-state index in [1.807, 2.05) is 30.3 Å². The molecule has 122 valence electrons. The fourth-order valence-electron chi connectivity index (χ4n) is 3.14. The average molecular weight is 344 g/mol. The Morgan fingerprint density at radius 1 is 0.720 bits per heavy atom. The van der Waals surface area contributed by atoms with E-state index in [0.717, 1.165) is 33.3 Å². The Morgan fingerprint density at radius 3 is 2.12 bits per heavy atom. The number of aryl methyl sites for hydroxylation is 2. The zero-order chi connectivity index (χ0) is 17.4. The summed E-state index contributed by atoms with van der Waals surface area (Å²) in [6.07, 6.45) is 0. The second kappa shape index (κ2) is 6.34. The summed E-state index contributed by atoms with van der Waals surface area (Å²) in [5, 5.41) is 1.79. The third-order valence-corrected chi connectivity index (χ3v) is 4.84. The van der Waals surface area contributed by atoms with Crippen LogP contribution in [0.2, 0.25) is 5.02 Å². The Hall–Kier alpha value is -2.64. The second-order valence-corrected chi connectivity index (χ2v) is 6.78. The van der Waals surface area contributed by atoms with Crippen LogP contribution in [0.5, 0.6) is 0 Å². The van der Waals surface area contributed by atoms with Gasteiger partial charge in [-0.15, -0.1) is 0 Å². The van der Waals surface area contributed by atoms with Crippen LogP contribution in [-0.4, -0.2) is 4.98 Å². The molecule has 0 saturated heterocycles. The van der Waals surface area contributed by atoms with Crippen molar-refractivity contribution < 1.29 is 0 Å². The molecule has 0 amide bonds. The van der Waals surface area contributed by atoms with Gasteiger partial charge in [0, 0.05) is 16.5 Å². The molecule has 0 spiro atoms. The summed E-state index contributed by atoms with van der Waals surface area (Å²) in [5.74, 6) is 0. The van der Waals surface area contributed by atoms with E-state index in [1.165, 1.54) is 11.1 Å². The van der Waals surface area contributed by atoms with E-state index < -0.39 is 0 Å². The lowest BCUT2D eigenvalue weighted by Gasteiger charge is -2.14. The van der Waals surface area contributed by atoms with Gasteiger partial charge in [-0.3, -0.25) is 0 Å². The number of hydrogen-bond acceptors (Lipinski definition) is 1. The minimum absolute atomic E-state index is 0.702. The summed E-state index contributed by atoms with van der Waals surface area (Å²) in [6.45, 7) is 4.19. The molecule has 25 heavy (non-hydrogen) atoms. The molecule has 0 saturated carbocycles. The van der Waals surface area contributed by atoms with Gasteiger partial charge >= 0.3 is 0 Å². The molecule has 2 heteroatoms. The normalized spacial score (nSPS) is 11.0. The van der Waals surface area contributed by atoms with Crippen molar-refractivity contribution in [1.82, 2.24) is 4.98 Å². The lowest BCUT2D eigenvalue weighted by atomic mass is 9.96. The number of nitrogens with zero attached hydrogens (tertiary/aromatic N) is 1. The highest BCUT2D eigenvalue weighted by Crippen LogP contribution is 2.40. The van der Waals surface area contributed by atoms with Crippen LogP contribution in [0.4, 0.5) is 0 Å². The maximum atomic E-state index is 6.89. The molecule has 4 rings (SSSR count). The maximum Gasteiger partial charge on any atom is 0.0902 e. The van der Waals surface area contributed by atoms with Crippen LogP contribution in [0.3, 0.4) is 0 Å². The molecular weight excluding hydrogens is 326 g/mol. The molecule has 0 atom stereocenters. The summed E-state index contributed by atoms with van der Waals surface area (Å²) in [5.41, 5.74) is 7.42. The van der Waals surface area contributed by atoms with Crippen molar-refractivity contribution >= 4 is 22.5 Å². The minimum Gasteiger partial charge on any atom is -0.246 e. The van der Waals surface area contributed by atoms with Crippen LogP contribution >= 0.6 is 11.6 Å². The van der Waals surface area contributed by atoms with E-state index in [2.05, 4.69) is 56.3 Å². The highest BCUT2D eigenvalue weighted by Gasteiger charge is 2.16. The van der Waals surface area contributed by atoms with Crippen LogP contribution < -0.4 is 0 Å². The van der Waals surface area contributed by atoms with Gasteiger partial charge in [0.1, 0.15) is 0 Å². The number of aromatic nitrogens is 1. The molecule has 0 aliphatic carbocycles. The van der Waals surface area contributed by atoms with Crippen molar-refractivity contribution in [3.05, 3.63) is 88.9 Å². The maximum absolute atomic E-state index is 6.89. The Balaban J connectivity index is 2.09. The topological polar surface area (TPSA) is 12.9 Å². The Kier molecular flexibility index (Phi) is 4.03. The van der Waals surface area contributed by atoms with E-state index in [0.29, 0.717) is 5.02 Å². The minimum atomic E-state index is 0.702. The molecule has 1 nitrogen and oxygen atoms in total. The van der Waals surface area contributed by atoms with E-state index in [4.69, 9.17) is 16.6 Å². The van der Waals surface area contributed by atoms with Gasteiger partial charge in [0.25, 0.3) is 0 Å². The molecular formula is C23H18ClN. The van der Waals surface area contributed by atoms with E-state index in [1.54, 1.807) is 0 Å². The molecule has 1 heterocycles. The van der Waals surface area contributed by atoms with Gasteiger partial charge < -0.3 is 0 Å². The van der Waals surface area contributed by atoms with Crippen LogP contribution in [-0.2, 0) is 0 Å². The first-order chi connectivity index (χ1) is 12.1.